The van der Waals surface area contributed by atoms with Crippen molar-refractivity contribution < 1.29 is 9.50 Å². The summed E-state index contributed by atoms with van der Waals surface area (Å²) >= 11 is 5.83. The zero-order valence-electron chi connectivity index (χ0n) is 8.77. The lowest BCUT2D eigenvalue weighted by molar-refractivity contribution is 0.505. The summed E-state index contributed by atoms with van der Waals surface area (Å²) in [7, 11) is 0. The number of rotatable bonds is 2. The molecule has 2 aromatic rings. The van der Waals surface area contributed by atoms with Crippen LogP contribution in [0.15, 0.2) is 42.6 Å². The number of benzene rings is 1. The highest BCUT2D eigenvalue weighted by Crippen LogP contribution is 2.26. The summed E-state index contributed by atoms with van der Waals surface area (Å²) < 4.78 is 13.5. The first kappa shape index (κ1) is 11.6. The van der Waals surface area contributed by atoms with Gasteiger partial charge in [-0.05, 0) is 24.3 Å². The van der Waals surface area contributed by atoms with Gasteiger partial charge in [0.2, 0.25) is 0 Å². The number of pyridine rings is 1. The third-order valence-electron chi connectivity index (χ3n) is 2.19. The van der Waals surface area contributed by atoms with Crippen LogP contribution in [0, 0.1) is 5.82 Å². The smallest absolute Gasteiger partial charge is 0.135 e. The van der Waals surface area contributed by atoms with Gasteiger partial charge in [-0.2, -0.15) is 0 Å². The summed E-state index contributed by atoms with van der Waals surface area (Å²) in [6.07, 6.45) is 2.95. The molecule has 0 saturated carbocycles. The second-order valence-corrected chi connectivity index (χ2v) is 3.79. The minimum Gasteiger partial charge on any atom is -0.507 e. The fraction of sp³-hybridized carbons (Fsp3) is 0. The Morgan fingerprint density at radius 3 is 2.71 bits per heavy atom. The first-order valence-electron chi connectivity index (χ1n) is 4.94. The highest BCUT2D eigenvalue weighted by Gasteiger charge is 2.11. The molecule has 4 heteroatoms. The highest BCUT2D eigenvalue weighted by atomic mass is 35.5. The Hall–Kier alpha value is -1.87. The van der Waals surface area contributed by atoms with Gasteiger partial charge in [0.15, 0.2) is 0 Å². The van der Waals surface area contributed by atoms with Crippen molar-refractivity contribution in [1.82, 2.24) is 4.98 Å². The van der Waals surface area contributed by atoms with Crippen molar-refractivity contribution in [3.05, 3.63) is 64.7 Å². The molecule has 1 N–H and O–H groups in total. The van der Waals surface area contributed by atoms with Gasteiger partial charge >= 0.3 is 0 Å². The fourth-order valence-corrected chi connectivity index (χ4v) is 1.68. The van der Waals surface area contributed by atoms with Gasteiger partial charge < -0.3 is 5.11 Å². The van der Waals surface area contributed by atoms with Crippen LogP contribution < -0.4 is 0 Å². The van der Waals surface area contributed by atoms with Crippen LogP contribution >= 0.6 is 11.6 Å². The molecule has 0 aliphatic carbocycles. The Balaban J connectivity index is 2.44. The Labute approximate surface area is 103 Å². The second-order valence-electron chi connectivity index (χ2n) is 3.38. The largest absolute Gasteiger partial charge is 0.507 e. The van der Waals surface area contributed by atoms with E-state index in [2.05, 4.69) is 4.98 Å². The predicted molar refractivity (Wildman–Crippen MR) is 66.1 cm³/mol. The standard InChI is InChI=1S/C13H9ClFNO/c14-10-5-3-6-11(15)13(10)12(17)8-9-4-1-2-7-16-9/h1-8,17H/b12-8+. The molecule has 0 aliphatic rings. The van der Waals surface area contributed by atoms with Crippen molar-refractivity contribution in [3.8, 4) is 0 Å². The summed E-state index contributed by atoms with van der Waals surface area (Å²) in [6, 6.07) is 9.46. The van der Waals surface area contributed by atoms with Gasteiger partial charge in [-0.25, -0.2) is 4.39 Å². The van der Waals surface area contributed by atoms with Crippen molar-refractivity contribution in [3.63, 3.8) is 0 Å². The third kappa shape index (κ3) is 2.63. The molecule has 2 nitrogen and oxygen atoms in total. The number of aliphatic hydroxyl groups is 1. The number of hydrogen-bond acceptors (Lipinski definition) is 2. The molecular weight excluding hydrogens is 241 g/mol. The van der Waals surface area contributed by atoms with Crippen LogP contribution in [0.4, 0.5) is 4.39 Å². The molecule has 1 heterocycles. The van der Waals surface area contributed by atoms with Gasteiger partial charge in [-0.3, -0.25) is 4.98 Å². The summed E-state index contributed by atoms with van der Waals surface area (Å²) in [5, 5.41) is 9.99. The molecule has 2 rings (SSSR count). The lowest BCUT2D eigenvalue weighted by Crippen LogP contribution is -1.91. The molecule has 0 bridgehead atoms. The van der Waals surface area contributed by atoms with Crippen LogP contribution in [0.1, 0.15) is 11.3 Å². The number of halogens is 2. The second kappa shape index (κ2) is 4.97. The van der Waals surface area contributed by atoms with Gasteiger partial charge in [0.1, 0.15) is 11.6 Å². The molecule has 0 saturated heterocycles. The van der Waals surface area contributed by atoms with E-state index >= 15 is 0 Å². The number of nitrogens with zero attached hydrogens (tertiary/aromatic N) is 1. The van der Waals surface area contributed by atoms with E-state index in [-0.39, 0.29) is 16.3 Å². The van der Waals surface area contributed by atoms with E-state index in [4.69, 9.17) is 11.6 Å². The molecule has 0 unspecified atom stereocenters. The molecule has 0 radical (unpaired) electrons. The van der Waals surface area contributed by atoms with Gasteiger partial charge in [0.05, 0.1) is 16.3 Å². The number of aliphatic hydroxyl groups excluding tert-OH is 1. The molecule has 1 aromatic carbocycles. The molecular formula is C13H9ClFNO. The normalized spacial score (nSPS) is 11.5. The summed E-state index contributed by atoms with van der Waals surface area (Å²) in [6.45, 7) is 0. The van der Waals surface area contributed by atoms with Crippen LogP contribution in [0.25, 0.3) is 11.8 Å². The van der Waals surface area contributed by atoms with Crippen LogP contribution in [0.2, 0.25) is 5.02 Å². The summed E-state index contributed by atoms with van der Waals surface area (Å²) in [5.41, 5.74) is 0.518. The fourth-order valence-electron chi connectivity index (χ4n) is 1.42. The highest BCUT2D eigenvalue weighted by molar-refractivity contribution is 6.32. The Kier molecular flexibility index (Phi) is 3.40. The molecule has 86 valence electrons. The first-order chi connectivity index (χ1) is 8.18. The predicted octanol–water partition coefficient (Wildman–Crippen LogP) is 3.93. The van der Waals surface area contributed by atoms with Crippen LogP contribution in [0.3, 0.4) is 0 Å². The van der Waals surface area contributed by atoms with Gasteiger partial charge in [0.25, 0.3) is 0 Å². The van der Waals surface area contributed by atoms with Crippen molar-refractivity contribution in [2.24, 2.45) is 0 Å². The third-order valence-corrected chi connectivity index (χ3v) is 2.51. The number of aromatic nitrogens is 1. The average Bonchev–Trinajstić information content (AvgIpc) is 2.30. The lowest BCUT2D eigenvalue weighted by Gasteiger charge is -2.04. The monoisotopic (exact) mass is 249 g/mol. The zero-order chi connectivity index (χ0) is 12.3. The summed E-state index contributed by atoms with van der Waals surface area (Å²) in [5.74, 6) is -0.811. The van der Waals surface area contributed by atoms with E-state index < -0.39 is 5.82 Å². The number of hydrogen-bond donors (Lipinski definition) is 1. The quantitative estimate of drug-likeness (QED) is 0.818. The van der Waals surface area contributed by atoms with Crippen molar-refractivity contribution >= 4 is 23.4 Å². The van der Waals surface area contributed by atoms with E-state index in [1.807, 2.05) is 0 Å². The van der Waals surface area contributed by atoms with Crippen LogP contribution in [-0.2, 0) is 0 Å². The summed E-state index contributed by atoms with van der Waals surface area (Å²) in [4.78, 5) is 4.00. The molecule has 0 spiro atoms. The molecule has 0 aliphatic heterocycles. The van der Waals surface area contributed by atoms with Crippen molar-refractivity contribution in [2.45, 2.75) is 0 Å². The van der Waals surface area contributed by atoms with Gasteiger partial charge in [-0.1, -0.05) is 23.7 Å². The SMILES string of the molecule is O/C(=C/c1ccccn1)c1c(F)cccc1Cl. The first-order valence-corrected chi connectivity index (χ1v) is 5.32. The molecule has 0 fully saturated rings. The Morgan fingerprint density at radius 2 is 2.06 bits per heavy atom. The van der Waals surface area contributed by atoms with Crippen LogP contribution in [-0.4, -0.2) is 10.1 Å². The molecule has 0 atom stereocenters. The lowest BCUT2D eigenvalue weighted by atomic mass is 10.1. The van der Waals surface area contributed by atoms with E-state index in [0.29, 0.717) is 5.69 Å². The topological polar surface area (TPSA) is 33.1 Å². The van der Waals surface area contributed by atoms with Gasteiger partial charge in [0, 0.05) is 12.3 Å². The maximum atomic E-state index is 13.5. The Morgan fingerprint density at radius 1 is 1.24 bits per heavy atom. The van der Waals surface area contributed by atoms with E-state index in [0.717, 1.165) is 0 Å². The van der Waals surface area contributed by atoms with E-state index in [1.54, 1.807) is 24.4 Å². The van der Waals surface area contributed by atoms with Crippen molar-refractivity contribution in [1.29, 1.82) is 0 Å². The molecule has 1 aromatic heterocycles. The van der Waals surface area contributed by atoms with Gasteiger partial charge in [-0.15, -0.1) is 0 Å². The van der Waals surface area contributed by atoms with Crippen molar-refractivity contribution in [2.75, 3.05) is 0 Å². The minimum atomic E-state index is -0.567. The van der Waals surface area contributed by atoms with Crippen LogP contribution in [0.5, 0.6) is 0 Å². The van der Waals surface area contributed by atoms with E-state index in [1.165, 1.54) is 24.3 Å². The maximum absolute atomic E-state index is 13.5. The minimum absolute atomic E-state index is 0.0141. The Bertz CT molecular complexity index is 534. The van der Waals surface area contributed by atoms with E-state index in [9.17, 15) is 9.50 Å². The average molecular weight is 250 g/mol. The molecule has 17 heavy (non-hydrogen) atoms. The molecule has 0 amide bonds. The maximum Gasteiger partial charge on any atom is 0.135 e. The zero-order valence-corrected chi connectivity index (χ0v) is 9.53.